The lowest BCUT2D eigenvalue weighted by atomic mass is 10.0. The lowest BCUT2D eigenvalue weighted by Crippen LogP contribution is -2.07. The van der Waals surface area contributed by atoms with Crippen molar-refractivity contribution in [3.63, 3.8) is 0 Å². The van der Waals surface area contributed by atoms with Gasteiger partial charge in [0.1, 0.15) is 18.5 Å². The molecule has 1 heterocycles. The fourth-order valence-corrected chi connectivity index (χ4v) is 2.21. The predicted molar refractivity (Wildman–Crippen MR) is 82.9 cm³/mol. The van der Waals surface area contributed by atoms with Crippen LogP contribution in [0.4, 0.5) is 5.69 Å². The van der Waals surface area contributed by atoms with Crippen LogP contribution in [-0.2, 0) is 4.74 Å². The van der Waals surface area contributed by atoms with E-state index in [1.54, 1.807) is 18.2 Å². The Hall–Kier alpha value is -2.73. The maximum atomic E-state index is 12.6. The fraction of sp³-hybridized carbons (Fsp3) is 0.235. The molecule has 0 bridgehead atoms. The molecule has 0 aromatic heterocycles. The Bertz CT molecular complexity index is 767. The molecule has 1 atom stereocenters. The van der Waals surface area contributed by atoms with Crippen LogP contribution in [0.3, 0.4) is 0 Å². The zero-order chi connectivity index (χ0) is 16.4. The van der Waals surface area contributed by atoms with E-state index < -0.39 is 4.92 Å². The number of ketones is 1. The van der Waals surface area contributed by atoms with E-state index in [9.17, 15) is 14.9 Å². The lowest BCUT2D eigenvalue weighted by Gasteiger charge is -2.07. The third-order valence-corrected chi connectivity index (χ3v) is 3.48. The standard InChI is InChI=1S/C17H15NO5/c1-11-3-2-4-12(5-11)17(19)13-6-14(18(20)21)8-15(7-13)22-9-16-10-23-16/h2-8,16H,9-10H2,1H3. The Morgan fingerprint density at radius 1 is 1.30 bits per heavy atom. The average Bonchev–Trinajstić information content (AvgIpc) is 3.36. The highest BCUT2D eigenvalue weighted by molar-refractivity contribution is 6.09. The summed E-state index contributed by atoms with van der Waals surface area (Å²) in [6, 6.07) is 11.2. The molecule has 0 radical (unpaired) electrons. The Kier molecular flexibility index (Phi) is 4.08. The maximum absolute atomic E-state index is 12.6. The SMILES string of the molecule is Cc1cccc(C(=O)c2cc(OCC3CO3)cc([N+](=O)[O-])c2)c1. The first-order valence-electron chi connectivity index (χ1n) is 7.18. The number of rotatable bonds is 6. The van der Waals surface area contributed by atoms with Crippen LogP contribution < -0.4 is 4.74 Å². The Morgan fingerprint density at radius 3 is 2.74 bits per heavy atom. The quantitative estimate of drug-likeness (QED) is 0.354. The Morgan fingerprint density at radius 2 is 2.09 bits per heavy atom. The highest BCUT2D eigenvalue weighted by Crippen LogP contribution is 2.25. The van der Waals surface area contributed by atoms with Gasteiger partial charge in [-0.25, -0.2) is 0 Å². The summed E-state index contributed by atoms with van der Waals surface area (Å²) in [4.78, 5) is 23.1. The van der Waals surface area contributed by atoms with Gasteiger partial charge in [0.15, 0.2) is 5.78 Å². The monoisotopic (exact) mass is 313 g/mol. The van der Waals surface area contributed by atoms with Crippen LogP contribution in [0.2, 0.25) is 0 Å². The first kappa shape index (κ1) is 15.2. The summed E-state index contributed by atoms with van der Waals surface area (Å²) in [6.07, 6.45) is 0.0326. The summed E-state index contributed by atoms with van der Waals surface area (Å²) in [5.41, 5.74) is 1.50. The average molecular weight is 313 g/mol. The minimum Gasteiger partial charge on any atom is -0.491 e. The summed E-state index contributed by atoms with van der Waals surface area (Å²) in [5.74, 6) is 0.0237. The van der Waals surface area contributed by atoms with Crippen LogP contribution in [0.1, 0.15) is 21.5 Å². The molecule has 0 spiro atoms. The zero-order valence-electron chi connectivity index (χ0n) is 12.5. The van der Waals surface area contributed by atoms with Crippen LogP contribution in [-0.4, -0.2) is 30.0 Å². The Labute approximate surface area is 132 Å². The molecule has 1 unspecified atom stereocenters. The van der Waals surface area contributed by atoms with Gasteiger partial charge >= 0.3 is 0 Å². The normalized spacial score (nSPS) is 16.0. The molecule has 1 aliphatic rings. The van der Waals surface area contributed by atoms with Gasteiger partial charge in [-0.1, -0.05) is 23.8 Å². The molecular weight excluding hydrogens is 298 g/mol. The van der Waals surface area contributed by atoms with Crippen molar-refractivity contribution in [2.24, 2.45) is 0 Å². The van der Waals surface area contributed by atoms with Crippen molar-refractivity contribution in [1.82, 2.24) is 0 Å². The summed E-state index contributed by atoms with van der Waals surface area (Å²) >= 11 is 0. The molecule has 1 fully saturated rings. The van der Waals surface area contributed by atoms with Gasteiger partial charge < -0.3 is 9.47 Å². The molecule has 1 aliphatic heterocycles. The fourth-order valence-electron chi connectivity index (χ4n) is 2.21. The second-order valence-corrected chi connectivity index (χ2v) is 5.44. The van der Waals surface area contributed by atoms with E-state index >= 15 is 0 Å². The first-order valence-corrected chi connectivity index (χ1v) is 7.18. The number of nitrogens with zero attached hydrogens (tertiary/aromatic N) is 1. The van der Waals surface area contributed by atoms with Crippen molar-refractivity contribution in [2.45, 2.75) is 13.0 Å². The molecular formula is C17H15NO5. The molecule has 23 heavy (non-hydrogen) atoms. The summed E-state index contributed by atoms with van der Waals surface area (Å²) < 4.78 is 10.5. The van der Waals surface area contributed by atoms with Gasteiger partial charge in [-0.2, -0.15) is 0 Å². The van der Waals surface area contributed by atoms with Crippen molar-refractivity contribution >= 4 is 11.5 Å². The maximum Gasteiger partial charge on any atom is 0.273 e. The van der Waals surface area contributed by atoms with Crippen molar-refractivity contribution < 1.29 is 19.2 Å². The van der Waals surface area contributed by atoms with E-state index in [-0.39, 0.29) is 23.1 Å². The second kappa shape index (κ2) is 6.18. The van der Waals surface area contributed by atoms with Crippen LogP contribution in [0.5, 0.6) is 5.75 Å². The van der Waals surface area contributed by atoms with Gasteiger partial charge in [0.2, 0.25) is 0 Å². The van der Waals surface area contributed by atoms with Crippen molar-refractivity contribution in [1.29, 1.82) is 0 Å². The van der Waals surface area contributed by atoms with E-state index in [0.717, 1.165) is 5.56 Å². The number of carbonyl (C=O) groups excluding carboxylic acids is 1. The predicted octanol–water partition coefficient (Wildman–Crippen LogP) is 2.91. The van der Waals surface area contributed by atoms with Gasteiger partial charge in [0.25, 0.3) is 5.69 Å². The van der Waals surface area contributed by atoms with Crippen molar-refractivity contribution in [3.8, 4) is 5.75 Å². The number of aryl methyl sites for hydroxylation is 1. The number of hydrogen-bond acceptors (Lipinski definition) is 5. The molecule has 0 N–H and O–H groups in total. The van der Waals surface area contributed by atoms with Crippen LogP contribution in [0.25, 0.3) is 0 Å². The highest BCUT2D eigenvalue weighted by atomic mass is 16.6. The van der Waals surface area contributed by atoms with E-state index in [2.05, 4.69) is 0 Å². The minimum absolute atomic E-state index is 0.0326. The number of hydrogen-bond donors (Lipinski definition) is 0. The molecule has 2 aromatic carbocycles. The molecule has 2 aromatic rings. The topological polar surface area (TPSA) is 82.0 Å². The number of benzene rings is 2. The number of epoxide rings is 1. The molecule has 6 nitrogen and oxygen atoms in total. The van der Waals surface area contributed by atoms with Crippen LogP contribution in [0.15, 0.2) is 42.5 Å². The summed E-state index contributed by atoms with van der Waals surface area (Å²) in [6.45, 7) is 2.83. The molecule has 0 amide bonds. The van der Waals surface area contributed by atoms with Crippen LogP contribution >= 0.6 is 0 Å². The van der Waals surface area contributed by atoms with Gasteiger partial charge in [-0.15, -0.1) is 0 Å². The van der Waals surface area contributed by atoms with Gasteiger partial charge in [-0.3, -0.25) is 14.9 Å². The van der Waals surface area contributed by atoms with E-state index in [1.807, 2.05) is 13.0 Å². The highest BCUT2D eigenvalue weighted by Gasteiger charge is 2.24. The van der Waals surface area contributed by atoms with Gasteiger partial charge in [0, 0.05) is 17.2 Å². The molecule has 0 aliphatic carbocycles. The largest absolute Gasteiger partial charge is 0.491 e. The number of non-ortho nitro benzene ring substituents is 1. The zero-order valence-corrected chi connectivity index (χ0v) is 12.5. The third kappa shape index (κ3) is 3.73. The number of nitro groups is 1. The molecule has 0 saturated carbocycles. The molecule has 118 valence electrons. The van der Waals surface area contributed by atoms with Gasteiger partial charge in [0.05, 0.1) is 17.6 Å². The lowest BCUT2D eigenvalue weighted by molar-refractivity contribution is -0.385. The van der Waals surface area contributed by atoms with Crippen molar-refractivity contribution in [3.05, 3.63) is 69.3 Å². The van der Waals surface area contributed by atoms with Gasteiger partial charge in [-0.05, 0) is 19.1 Å². The summed E-state index contributed by atoms with van der Waals surface area (Å²) in [7, 11) is 0. The van der Waals surface area contributed by atoms with E-state index in [1.165, 1.54) is 18.2 Å². The second-order valence-electron chi connectivity index (χ2n) is 5.44. The smallest absolute Gasteiger partial charge is 0.273 e. The van der Waals surface area contributed by atoms with Crippen molar-refractivity contribution in [2.75, 3.05) is 13.2 Å². The summed E-state index contributed by atoms with van der Waals surface area (Å²) in [5, 5.41) is 11.1. The minimum atomic E-state index is -0.534. The third-order valence-electron chi connectivity index (χ3n) is 3.48. The molecule has 6 heteroatoms. The number of carbonyl (C=O) groups is 1. The number of nitro benzene ring substituents is 1. The van der Waals surface area contributed by atoms with E-state index in [4.69, 9.17) is 9.47 Å². The molecule has 1 saturated heterocycles. The van der Waals surface area contributed by atoms with E-state index in [0.29, 0.717) is 24.5 Å². The first-order chi connectivity index (χ1) is 11.0. The molecule has 3 rings (SSSR count). The number of ether oxygens (including phenoxy) is 2. The van der Waals surface area contributed by atoms with Crippen LogP contribution in [0, 0.1) is 17.0 Å². The Balaban J connectivity index is 1.92.